The maximum atomic E-state index is 12.4. The van der Waals surface area contributed by atoms with Crippen molar-refractivity contribution in [1.29, 1.82) is 0 Å². The fraction of sp³-hybridized carbons (Fsp3) is 0.222. The van der Waals surface area contributed by atoms with Gasteiger partial charge in [0.25, 0.3) is 5.91 Å². The number of benzene rings is 2. The van der Waals surface area contributed by atoms with Crippen LogP contribution in [0.4, 0.5) is 0 Å². The molecule has 1 N–H and O–H groups in total. The highest BCUT2D eigenvalue weighted by Gasteiger charge is 2.27. The molecular formula is C18H19NO3. The lowest BCUT2D eigenvalue weighted by molar-refractivity contribution is -0.145. The van der Waals surface area contributed by atoms with Crippen LogP contribution in [0.15, 0.2) is 60.7 Å². The maximum Gasteiger partial charge on any atom is 0.310 e. The average molecular weight is 297 g/mol. The molecule has 0 aliphatic heterocycles. The minimum Gasteiger partial charge on any atom is -0.469 e. The van der Waals surface area contributed by atoms with Crippen LogP contribution in [-0.2, 0) is 9.53 Å². The van der Waals surface area contributed by atoms with Crippen molar-refractivity contribution in [2.45, 2.75) is 13.0 Å². The number of nitrogens with one attached hydrogen (secondary N) is 1. The first-order valence-electron chi connectivity index (χ1n) is 7.12. The summed E-state index contributed by atoms with van der Waals surface area (Å²) in [6.07, 6.45) is 0. The third-order valence-electron chi connectivity index (χ3n) is 3.55. The summed E-state index contributed by atoms with van der Waals surface area (Å²) in [7, 11) is 1.35. The van der Waals surface area contributed by atoms with Gasteiger partial charge in [0.2, 0.25) is 0 Å². The van der Waals surface area contributed by atoms with Crippen molar-refractivity contribution < 1.29 is 14.3 Å². The number of carbonyl (C=O) groups excluding carboxylic acids is 2. The molecule has 0 radical (unpaired) electrons. The smallest absolute Gasteiger partial charge is 0.310 e. The van der Waals surface area contributed by atoms with Gasteiger partial charge in [0.15, 0.2) is 0 Å². The van der Waals surface area contributed by atoms with E-state index in [-0.39, 0.29) is 11.9 Å². The van der Waals surface area contributed by atoms with Gasteiger partial charge in [-0.15, -0.1) is 0 Å². The summed E-state index contributed by atoms with van der Waals surface area (Å²) in [5.74, 6) is -1.06. The Bertz CT molecular complexity index is 625. The molecule has 22 heavy (non-hydrogen) atoms. The van der Waals surface area contributed by atoms with Crippen LogP contribution in [0, 0.1) is 5.92 Å². The molecule has 0 unspecified atom stereocenters. The highest BCUT2D eigenvalue weighted by molar-refractivity contribution is 5.94. The monoisotopic (exact) mass is 297 g/mol. The Morgan fingerprint density at radius 3 is 2.05 bits per heavy atom. The van der Waals surface area contributed by atoms with Crippen molar-refractivity contribution in [3.63, 3.8) is 0 Å². The van der Waals surface area contributed by atoms with Gasteiger partial charge < -0.3 is 10.1 Å². The molecule has 2 aromatic rings. The lowest BCUT2D eigenvalue weighted by Crippen LogP contribution is -2.36. The van der Waals surface area contributed by atoms with Gasteiger partial charge in [-0.25, -0.2) is 0 Å². The molecule has 0 spiro atoms. The summed E-state index contributed by atoms with van der Waals surface area (Å²) in [6.45, 7) is 1.74. The van der Waals surface area contributed by atoms with Gasteiger partial charge >= 0.3 is 5.97 Å². The third-order valence-corrected chi connectivity index (χ3v) is 3.55. The van der Waals surface area contributed by atoms with E-state index >= 15 is 0 Å². The van der Waals surface area contributed by atoms with Crippen LogP contribution in [0.1, 0.15) is 28.9 Å². The van der Waals surface area contributed by atoms with Crippen LogP contribution in [0.5, 0.6) is 0 Å². The number of carbonyl (C=O) groups is 2. The Morgan fingerprint density at radius 1 is 0.955 bits per heavy atom. The van der Waals surface area contributed by atoms with Gasteiger partial charge in [0, 0.05) is 5.56 Å². The van der Waals surface area contributed by atoms with E-state index in [9.17, 15) is 9.59 Å². The van der Waals surface area contributed by atoms with Gasteiger partial charge in [-0.2, -0.15) is 0 Å². The van der Waals surface area contributed by atoms with Crippen molar-refractivity contribution in [2.75, 3.05) is 7.11 Å². The second-order valence-electron chi connectivity index (χ2n) is 5.04. The van der Waals surface area contributed by atoms with E-state index in [2.05, 4.69) is 5.32 Å². The van der Waals surface area contributed by atoms with E-state index < -0.39 is 12.0 Å². The Balaban J connectivity index is 2.25. The maximum absolute atomic E-state index is 12.4. The Morgan fingerprint density at radius 2 is 1.50 bits per heavy atom. The molecule has 0 aromatic heterocycles. The zero-order valence-electron chi connectivity index (χ0n) is 12.7. The number of esters is 1. The first-order chi connectivity index (χ1) is 10.6. The molecular weight excluding hydrogens is 278 g/mol. The Hall–Kier alpha value is -2.62. The van der Waals surface area contributed by atoms with E-state index in [0.29, 0.717) is 5.56 Å². The summed E-state index contributed by atoms with van der Waals surface area (Å²) >= 11 is 0. The van der Waals surface area contributed by atoms with E-state index in [1.807, 2.05) is 36.4 Å². The highest BCUT2D eigenvalue weighted by Crippen LogP contribution is 2.23. The van der Waals surface area contributed by atoms with Crippen molar-refractivity contribution in [3.8, 4) is 0 Å². The van der Waals surface area contributed by atoms with Gasteiger partial charge in [0.1, 0.15) is 0 Å². The minimum absolute atomic E-state index is 0.217. The SMILES string of the molecule is COC(=O)[C@H](C)[C@@H](NC(=O)c1ccccc1)c1ccccc1. The van der Waals surface area contributed by atoms with Gasteiger partial charge in [0.05, 0.1) is 19.1 Å². The number of ether oxygens (including phenoxy) is 1. The summed E-state index contributed by atoms with van der Waals surface area (Å²) < 4.78 is 4.81. The van der Waals surface area contributed by atoms with Crippen LogP contribution in [0.3, 0.4) is 0 Å². The van der Waals surface area contributed by atoms with Crippen LogP contribution < -0.4 is 5.32 Å². The Kier molecular flexibility index (Phi) is 5.31. The molecule has 0 aliphatic rings. The zero-order valence-corrected chi connectivity index (χ0v) is 12.7. The molecule has 0 saturated carbocycles. The summed E-state index contributed by atoms with van der Waals surface area (Å²) in [6, 6.07) is 17.9. The average Bonchev–Trinajstić information content (AvgIpc) is 2.59. The number of hydrogen-bond acceptors (Lipinski definition) is 3. The van der Waals surface area contributed by atoms with Crippen LogP contribution >= 0.6 is 0 Å². The fourth-order valence-corrected chi connectivity index (χ4v) is 2.29. The summed E-state index contributed by atoms with van der Waals surface area (Å²) in [5, 5.41) is 2.92. The summed E-state index contributed by atoms with van der Waals surface area (Å²) in [5.41, 5.74) is 1.42. The quantitative estimate of drug-likeness (QED) is 0.863. The minimum atomic E-state index is -0.486. The van der Waals surface area contributed by atoms with Crippen LogP contribution in [0.2, 0.25) is 0 Å². The number of methoxy groups -OCH3 is 1. The Labute approximate surface area is 130 Å². The molecule has 2 atom stereocenters. The molecule has 2 rings (SSSR count). The molecule has 0 fully saturated rings. The largest absolute Gasteiger partial charge is 0.469 e. The first kappa shape index (κ1) is 15.8. The number of amides is 1. The fourth-order valence-electron chi connectivity index (χ4n) is 2.29. The van der Waals surface area contributed by atoms with Crippen LogP contribution in [0.25, 0.3) is 0 Å². The lowest BCUT2D eigenvalue weighted by Gasteiger charge is -2.24. The molecule has 1 amide bonds. The van der Waals surface area contributed by atoms with Crippen LogP contribution in [-0.4, -0.2) is 19.0 Å². The zero-order chi connectivity index (χ0) is 15.9. The molecule has 2 aromatic carbocycles. The van der Waals surface area contributed by atoms with Crippen molar-refractivity contribution in [3.05, 3.63) is 71.8 Å². The predicted octanol–water partition coefficient (Wildman–Crippen LogP) is 2.97. The molecule has 0 bridgehead atoms. The molecule has 0 aliphatic carbocycles. The molecule has 0 saturated heterocycles. The van der Waals surface area contributed by atoms with Gasteiger partial charge in [-0.3, -0.25) is 9.59 Å². The number of hydrogen-bond donors (Lipinski definition) is 1. The van der Waals surface area contributed by atoms with E-state index in [0.717, 1.165) is 5.56 Å². The molecule has 4 nitrogen and oxygen atoms in total. The second kappa shape index (κ2) is 7.41. The van der Waals surface area contributed by atoms with E-state index in [1.54, 1.807) is 31.2 Å². The predicted molar refractivity (Wildman–Crippen MR) is 84.3 cm³/mol. The standard InChI is InChI=1S/C18H19NO3/c1-13(18(21)22-2)16(14-9-5-3-6-10-14)19-17(20)15-11-7-4-8-12-15/h3-13,16H,1-2H3,(H,19,20)/t13-,16-/m1/s1. The van der Waals surface area contributed by atoms with Gasteiger partial charge in [-0.1, -0.05) is 48.5 Å². The normalized spacial score (nSPS) is 13.0. The lowest BCUT2D eigenvalue weighted by atomic mass is 9.94. The second-order valence-corrected chi connectivity index (χ2v) is 5.04. The molecule has 0 heterocycles. The van der Waals surface area contributed by atoms with Crippen molar-refractivity contribution >= 4 is 11.9 Å². The topological polar surface area (TPSA) is 55.4 Å². The van der Waals surface area contributed by atoms with Gasteiger partial charge in [-0.05, 0) is 24.6 Å². The molecule has 114 valence electrons. The van der Waals surface area contributed by atoms with Crippen molar-refractivity contribution in [2.24, 2.45) is 5.92 Å². The van der Waals surface area contributed by atoms with E-state index in [4.69, 9.17) is 4.74 Å². The highest BCUT2D eigenvalue weighted by atomic mass is 16.5. The van der Waals surface area contributed by atoms with Crippen molar-refractivity contribution in [1.82, 2.24) is 5.32 Å². The third kappa shape index (κ3) is 3.73. The molecule has 4 heteroatoms. The number of rotatable bonds is 5. The van der Waals surface area contributed by atoms with E-state index in [1.165, 1.54) is 7.11 Å². The first-order valence-corrected chi connectivity index (χ1v) is 7.12. The summed E-state index contributed by atoms with van der Waals surface area (Å²) in [4.78, 5) is 24.3.